The van der Waals surface area contributed by atoms with Gasteiger partial charge in [-0.15, -0.1) is 0 Å². The van der Waals surface area contributed by atoms with E-state index in [-0.39, 0.29) is 0 Å². The van der Waals surface area contributed by atoms with Gasteiger partial charge in [0.25, 0.3) is 0 Å². The molecule has 0 saturated heterocycles. The average molecular weight is 323 g/mol. The molecule has 2 rings (SSSR count). The summed E-state index contributed by atoms with van der Waals surface area (Å²) in [4.78, 5) is 0. The van der Waals surface area contributed by atoms with Gasteiger partial charge in [0, 0.05) is 0 Å². The minimum atomic E-state index is 0.760. The van der Waals surface area contributed by atoms with Crippen molar-refractivity contribution in [3.63, 3.8) is 0 Å². The van der Waals surface area contributed by atoms with Crippen LogP contribution in [0.1, 0.15) is 51.7 Å². The zero-order valence-electron chi connectivity index (χ0n) is 15.1. The molecule has 2 atom stereocenters. The molecule has 0 aliphatic heterocycles. The third-order valence-corrected chi connectivity index (χ3v) is 6.35. The molecule has 0 heterocycles. The maximum atomic E-state index is 2.36. The SMILES string of the molecule is CCC(C)Cc1ccccc1[Si]c1ccccc1CC(C)CC. The first-order chi connectivity index (χ1) is 11.1. The van der Waals surface area contributed by atoms with Crippen molar-refractivity contribution in [2.45, 2.75) is 53.4 Å². The van der Waals surface area contributed by atoms with Crippen molar-refractivity contribution >= 4 is 19.9 Å². The van der Waals surface area contributed by atoms with Crippen molar-refractivity contribution in [2.24, 2.45) is 11.8 Å². The van der Waals surface area contributed by atoms with Crippen LogP contribution in [0.15, 0.2) is 48.5 Å². The van der Waals surface area contributed by atoms with E-state index in [4.69, 9.17) is 0 Å². The summed E-state index contributed by atoms with van der Waals surface area (Å²) in [5.74, 6) is 1.52. The predicted molar refractivity (Wildman–Crippen MR) is 104 cm³/mol. The van der Waals surface area contributed by atoms with Gasteiger partial charge in [-0.3, -0.25) is 0 Å². The molecule has 1 heteroatoms. The number of benzene rings is 2. The summed E-state index contributed by atoms with van der Waals surface area (Å²) < 4.78 is 0. The van der Waals surface area contributed by atoms with Crippen molar-refractivity contribution in [1.29, 1.82) is 0 Å². The van der Waals surface area contributed by atoms with Crippen molar-refractivity contribution in [3.8, 4) is 0 Å². The second-order valence-corrected chi connectivity index (χ2v) is 8.20. The summed E-state index contributed by atoms with van der Waals surface area (Å²) in [5, 5.41) is 3.06. The van der Waals surface area contributed by atoms with Crippen LogP contribution < -0.4 is 10.4 Å². The molecule has 2 aromatic carbocycles. The highest BCUT2D eigenvalue weighted by Crippen LogP contribution is 2.11. The Morgan fingerprint density at radius 3 is 1.48 bits per heavy atom. The molecule has 2 radical (unpaired) electrons. The lowest BCUT2D eigenvalue weighted by Crippen LogP contribution is -2.33. The number of rotatable bonds is 8. The van der Waals surface area contributed by atoms with E-state index in [9.17, 15) is 0 Å². The van der Waals surface area contributed by atoms with Gasteiger partial charge < -0.3 is 0 Å². The molecule has 0 amide bonds. The van der Waals surface area contributed by atoms with Gasteiger partial charge in [-0.25, -0.2) is 0 Å². The lowest BCUT2D eigenvalue weighted by atomic mass is 9.99. The molecule has 2 unspecified atom stereocenters. The van der Waals surface area contributed by atoms with Gasteiger partial charge in [-0.2, -0.15) is 0 Å². The summed E-state index contributed by atoms with van der Waals surface area (Å²) in [7, 11) is 0.776. The van der Waals surface area contributed by atoms with E-state index in [1.54, 1.807) is 11.1 Å². The molecule has 2 aromatic rings. The molecule has 0 bridgehead atoms. The molecule has 122 valence electrons. The second kappa shape index (κ2) is 9.07. The Kier molecular flexibility index (Phi) is 7.10. The van der Waals surface area contributed by atoms with E-state index >= 15 is 0 Å². The van der Waals surface area contributed by atoms with Gasteiger partial charge in [0.2, 0.25) is 0 Å². The highest BCUT2D eigenvalue weighted by atomic mass is 28.2. The summed E-state index contributed by atoms with van der Waals surface area (Å²) in [6.07, 6.45) is 4.91. The van der Waals surface area contributed by atoms with E-state index in [0.717, 1.165) is 21.4 Å². The molecule has 0 N–H and O–H groups in total. The molecule has 0 aliphatic carbocycles. The Balaban J connectivity index is 2.22. The van der Waals surface area contributed by atoms with Crippen LogP contribution in [0.2, 0.25) is 0 Å². The third-order valence-electron chi connectivity index (χ3n) is 4.83. The standard InChI is InChI=1S/C22H30Si/c1-5-17(3)15-19-11-7-9-13-21(19)23-22-14-10-8-12-20(22)16-18(4)6-2/h7-14,17-18H,5-6,15-16H2,1-4H3. The van der Waals surface area contributed by atoms with Crippen molar-refractivity contribution in [2.75, 3.05) is 0 Å². The Labute approximate surface area is 145 Å². The molecule has 0 spiro atoms. The smallest absolute Gasteiger partial charge is 0.0651 e. The van der Waals surface area contributed by atoms with E-state index in [0.29, 0.717) is 0 Å². The second-order valence-electron chi connectivity index (χ2n) is 6.87. The first-order valence-corrected chi connectivity index (χ1v) is 10.1. The van der Waals surface area contributed by atoms with Crippen molar-refractivity contribution in [1.82, 2.24) is 0 Å². The molecule has 0 fully saturated rings. The van der Waals surface area contributed by atoms with E-state index in [1.807, 2.05) is 0 Å². The Morgan fingerprint density at radius 1 is 0.696 bits per heavy atom. The summed E-state index contributed by atoms with van der Waals surface area (Å²) in [5.41, 5.74) is 3.08. The Hall–Kier alpha value is -1.34. The fourth-order valence-electron chi connectivity index (χ4n) is 2.83. The predicted octanol–water partition coefficient (Wildman–Crippen LogP) is 4.52. The molecular weight excluding hydrogens is 292 g/mol. The third kappa shape index (κ3) is 5.35. The molecular formula is C22H30Si. The lowest BCUT2D eigenvalue weighted by molar-refractivity contribution is 0.561. The summed E-state index contributed by atoms with van der Waals surface area (Å²) >= 11 is 0. The molecule has 23 heavy (non-hydrogen) atoms. The maximum Gasteiger partial charge on any atom is 0.122 e. The van der Waals surface area contributed by atoms with Crippen LogP contribution in [0.4, 0.5) is 0 Å². The summed E-state index contributed by atoms with van der Waals surface area (Å²) in [6.45, 7) is 9.29. The fraction of sp³-hybridized carbons (Fsp3) is 0.455. The van der Waals surface area contributed by atoms with Crippen LogP contribution in [-0.2, 0) is 12.8 Å². The van der Waals surface area contributed by atoms with E-state index in [2.05, 4.69) is 76.2 Å². The van der Waals surface area contributed by atoms with E-state index in [1.165, 1.54) is 36.1 Å². The van der Waals surface area contributed by atoms with Gasteiger partial charge in [-0.1, -0.05) is 99.4 Å². The highest BCUT2D eigenvalue weighted by molar-refractivity contribution is 6.68. The van der Waals surface area contributed by atoms with Crippen LogP contribution in [0.25, 0.3) is 0 Å². The highest BCUT2D eigenvalue weighted by Gasteiger charge is 2.11. The molecule has 0 saturated carbocycles. The van der Waals surface area contributed by atoms with Crippen LogP contribution >= 0.6 is 0 Å². The first kappa shape index (κ1) is 18.0. The Bertz CT molecular complexity index is 549. The normalized spacial score (nSPS) is 13.7. The minimum absolute atomic E-state index is 0.760. The largest absolute Gasteiger partial charge is 0.122 e. The van der Waals surface area contributed by atoms with Crippen molar-refractivity contribution in [3.05, 3.63) is 59.7 Å². The lowest BCUT2D eigenvalue weighted by Gasteiger charge is -2.16. The average Bonchev–Trinajstić information content (AvgIpc) is 2.58. The Morgan fingerprint density at radius 2 is 1.09 bits per heavy atom. The molecule has 0 aromatic heterocycles. The van der Waals surface area contributed by atoms with Crippen LogP contribution in [0.3, 0.4) is 0 Å². The topological polar surface area (TPSA) is 0 Å². The zero-order chi connectivity index (χ0) is 16.7. The minimum Gasteiger partial charge on any atom is -0.0651 e. The summed E-state index contributed by atoms with van der Waals surface area (Å²) in [6, 6.07) is 18.1. The number of hydrogen-bond acceptors (Lipinski definition) is 0. The quantitative estimate of drug-likeness (QED) is 0.627. The first-order valence-electron chi connectivity index (χ1n) is 9.06. The van der Waals surface area contributed by atoms with E-state index < -0.39 is 0 Å². The van der Waals surface area contributed by atoms with Gasteiger partial charge in [0.15, 0.2) is 0 Å². The van der Waals surface area contributed by atoms with Crippen LogP contribution in [0.5, 0.6) is 0 Å². The van der Waals surface area contributed by atoms with Gasteiger partial charge in [0.05, 0.1) is 0 Å². The van der Waals surface area contributed by atoms with Gasteiger partial charge >= 0.3 is 0 Å². The zero-order valence-corrected chi connectivity index (χ0v) is 16.1. The number of hydrogen-bond donors (Lipinski definition) is 0. The maximum absolute atomic E-state index is 2.36. The van der Waals surface area contributed by atoms with Crippen LogP contribution in [0, 0.1) is 11.8 Å². The van der Waals surface area contributed by atoms with Gasteiger partial charge in [-0.05, 0) is 35.8 Å². The molecule has 0 nitrogen and oxygen atoms in total. The van der Waals surface area contributed by atoms with Crippen LogP contribution in [-0.4, -0.2) is 9.52 Å². The monoisotopic (exact) mass is 322 g/mol. The van der Waals surface area contributed by atoms with Crippen molar-refractivity contribution < 1.29 is 0 Å². The van der Waals surface area contributed by atoms with Gasteiger partial charge in [0.1, 0.15) is 9.52 Å². The fourth-order valence-corrected chi connectivity index (χ4v) is 4.17. The molecule has 0 aliphatic rings.